The smallest absolute Gasteiger partial charge is 0.550 e. The van der Waals surface area contributed by atoms with Gasteiger partial charge in [-0.25, -0.2) is 4.79 Å². The van der Waals surface area contributed by atoms with Gasteiger partial charge in [-0.05, 0) is 82.0 Å². The molecule has 1 aliphatic carbocycles. The molecule has 2 atom stereocenters. The Hall–Kier alpha value is -2.30. The Kier molecular flexibility index (Phi) is 11.3. The van der Waals surface area contributed by atoms with E-state index in [-0.39, 0.29) is 36.9 Å². The molecule has 0 radical (unpaired) electrons. The van der Waals surface area contributed by atoms with Crippen LogP contribution in [0.25, 0.3) is 0 Å². The maximum Gasteiger partial charge on any atom is 1.00 e. The van der Waals surface area contributed by atoms with E-state index in [1.54, 1.807) is 0 Å². The van der Waals surface area contributed by atoms with Crippen LogP contribution in [0.3, 0.4) is 0 Å². The van der Waals surface area contributed by atoms with Crippen molar-refractivity contribution in [3.8, 4) is 0 Å². The first-order valence-corrected chi connectivity index (χ1v) is 13.7. The molecule has 2 fully saturated rings. The summed E-state index contributed by atoms with van der Waals surface area (Å²) in [7, 11) is 0. The molecule has 3 N–H and O–H groups in total. The van der Waals surface area contributed by atoms with E-state index in [9.17, 15) is 19.8 Å². The van der Waals surface area contributed by atoms with Crippen LogP contribution in [0.5, 0.6) is 0 Å². The van der Waals surface area contributed by atoms with Crippen LogP contribution in [0.2, 0.25) is 0 Å². The Labute approximate surface area is 238 Å². The molecular formula is C30H40LiN3O4. The number of nitrogens with zero attached hydrogens (tertiary/aromatic N) is 1. The van der Waals surface area contributed by atoms with Crippen LogP contribution in [-0.2, 0) is 10.4 Å². The number of hydrogen-bond acceptors (Lipinski definition) is 5. The number of rotatable bonds is 9. The van der Waals surface area contributed by atoms with Gasteiger partial charge in [0.05, 0.1) is 6.04 Å². The molecule has 1 aliphatic heterocycles. The van der Waals surface area contributed by atoms with E-state index in [0.29, 0.717) is 12.5 Å². The van der Waals surface area contributed by atoms with Crippen LogP contribution in [-0.4, -0.2) is 53.7 Å². The van der Waals surface area contributed by atoms with E-state index in [1.165, 1.54) is 0 Å². The SMILES string of the molecule is C[C@H](NC(=O)N[C@H]1CC[C@H](CCN2CCCC(C(=O)[O-])C2)CC1)C(O)(c1ccccc1)c1ccccc1.[Li+]. The maximum atomic E-state index is 12.9. The third-order valence-electron chi connectivity index (χ3n) is 8.28. The Balaban J connectivity index is 0.00000400. The molecule has 200 valence electrons. The molecule has 1 saturated heterocycles. The topological polar surface area (TPSA) is 105 Å². The van der Waals surface area contributed by atoms with Crippen molar-refractivity contribution in [3.05, 3.63) is 71.8 Å². The molecule has 38 heavy (non-hydrogen) atoms. The Bertz CT molecular complexity index is 975. The van der Waals surface area contributed by atoms with E-state index in [2.05, 4.69) is 15.5 Å². The van der Waals surface area contributed by atoms with Gasteiger partial charge in [-0.1, -0.05) is 60.7 Å². The van der Waals surface area contributed by atoms with Gasteiger partial charge in [0.15, 0.2) is 0 Å². The maximum absolute atomic E-state index is 12.9. The number of aliphatic carboxylic acids is 1. The van der Waals surface area contributed by atoms with Gasteiger partial charge in [-0.3, -0.25) is 0 Å². The predicted octanol–water partition coefficient (Wildman–Crippen LogP) is 0.0250. The van der Waals surface area contributed by atoms with Crippen molar-refractivity contribution in [2.45, 2.75) is 69.6 Å². The van der Waals surface area contributed by atoms with E-state index in [0.717, 1.165) is 69.2 Å². The van der Waals surface area contributed by atoms with Gasteiger partial charge in [0.25, 0.3) is 0 Å². The number of nitrogens with one attached hydrogen (secondary N) is 2. The second-order valence-corrected chi connectivity index (χ2v) is 10.8. The summed E-state index contributed by atoms with van der Waals surface area (Å²) in [5, 5.41) is 29.2. The average molecular weight is 514 g/mol. The number of carboxylic acids is 1. The number of aliphatic hydroxyl groups is 1. The normalized spacial score (nSPS) is 23.1. The Morgan fingerprint density at radius 3 is 2.13 bits per heavy atom. The molecule has 2 aliphatic rings. The van der Waals surface area contributed by atoms with Gasteiger partial charge >= 0.3 is 24.9 Å². The summed E-state index contributed by atoms with van der Waals surface area (Å²) in [5.74, 6) is -0.657. The standard InChI is InChI=1S/C30H41N3O4.Li/c1-22(30(37,25-10-4-2-5-11-25)26-12-6-3-7-13-26)31-29(36)32-27-16-14-23(15-17-27)18-20-33-19-8-9-24(21-33)28(34)35;/h2-7,10-13,22-24,27,37H,8-9,14-21H2,1H3,(H,34,35)(H2,31,32,36);/q;+1/p-1/t22-,23-,24?,27-;/m0./s1. The number of hydrogen-bond donors (Lipinski definition) is 3. The van der Waals surface area contributed by atoms with Crippen LogP contribution in [0.4, 0.5) is 4.79 Å². The summed E-state index contributed by atoms with van der Waals surface area (Å²) in [6.45, 7) is 4.34. The number of urea groups is 1. The van der Waals surface area contributed by atoms with E-state index >= 15 is 0 Å². The first kappa shape index (κ1) is 30.2. The number of likely N-dealkylation sites (tertiary alicyclic amines) is 1. The van der Waals surface area contributed by atoms with Crippen LogP contribution < -0.4 is 34.6 Å². The minimum absolute atomic E-state index is 0. The zero-order chi connectivity index (χ0) is 26.3. The fourth-order valence-corrected chi connectivity index (χ4v) is 5.99. The first-order valence-electron chi connectivity index (χ1n) is 13.7. The Morgan fingerprint density at radius 1 is 1.00 bits per heavy atom. The monoisotopic (exact) mass is 513 g/mol. The molecule has 0 bridgehead atoms. The molecule has 2 amide bonds. The molecule has 7 nitrogen and oxygen atoms in total. The molecule has 1 unspecified atom stereocenters. The summed E-state index contributed by atoms with van der Waals surface area (Å²) in [5.41, 5.74) is 0.102. The molecule has 0 spiro atoms. The summed E-state index contributed by atoms with van der Waals surface area (Å²) >= 11 is 0. The third kappa shape index (κ3) is 7.63. The van der Waals surface area contributed by atoms with E-state index in [4.69, 9.17) is 0 Å². The fourth-order valence-electron chi connectivity index (χ4n) is 5.99. The van der Waals surface area contributed by atoms with Gasteiger partial charge in [-0.2, -0.15) is 0 Å². The van der Waals surface area contributed by atoms with Crippen molar-refractivity contribution in [1.82, 2.24) is 15.5 Å². The molecule has 2 aromatic rings. The number of piperidine rings is 1. The van der Waals surface area contributed by atoms with E-state index in [1.807, 2.05) is 67.6 Å². The number of benzene rings is 2. The van der Waals surface area contributed by atoms with Crippen LogP contribution in [0.15, 0.2) is 60.7 Å². The van der Waals surface area contributed by atoms with Crippen LogP contribution in [0.1, 0.15) is 63.0 Å². The second-order valence-electron chi connectivity index (χ2n) is 10.8. The molecule has 8 heteroatoms. The van der Waals surface area contributed by atoms with Crippen LogP contribution in [0, 0.1) is 11.8 Å². The second kappa shape index (κ2) is 14.2. The largest absolute Gasteiger partial charge is 1.00 e. The predicted molar refractivity (Wildman–Crippen MR) is 142 cm³/mol. The molecule has 4 rings (SSSR count). The molecule has 1 saturated carbocycles. The molecule has 2 aromatic carbocycles. The number of carboxylic acid groups (broad SMARTS) is 1. The molecule has 1 heterocycles. The quantitative estimate of drug-likeness (QED) is 0.411. The van der Waals surface area contributed by atoms with Crippen molar-refractivity contribution in [2.24, 2.45) is 11.8 Å². The summed E-state index contributed by atoms with van der Waals surface area (Å²) < 4.78 is 0. The number of amides is 2. The van der Waals surface area contributed by atoms with Crippen LogP contribution >= 0.6 is 0 Å². The van der Waals surface area contributed by atoms with Gasteiger partial charge in [-0.15, -0.1) is 0 Å². The number of carbonyl (C=O) groups is 2. The third-order valence-corrected chi connectivity index (χ3v) is 8.28. The molecular weight excluding hydrogens is 473 g/mol. The zero-order valence-corrected chi connectivity index (χ0v) is 22.8. The minimum Gasteiger partial charge on any atom is -0.550 e. The Morgan fingerprint density at radius 2 is 1.58 bits per heavy atom. The van der Waals surface area contributed by atoms with Crippen molar-refractivity contribution < 1.29 is 38.7 Å². The van der Waals surface area contributed by atoms with Gasteiger partial charge in [0.1, 0.15) is 5.60 Å². The van der Waals surface area contributed by atoms with E-state index < -0.39 is 17.6 Å². The summed E-state index contributed by atoms with van der Waals surface area (Å²) in [6, 6.07) is 18.2. The first-order chi connectivity index (χ1) is 17.9. The van der Waals surface area contributed by atoms with Gasteiger partial charge in [0.2, 0.25) is 0 Å². The van der Waals surface area contributed by atoms with Gasteiger partial charge in [0, 0.05) is 24.5 Å². The minimum atomic E-state index is -1.36. The summed E-state index contributed by atoms with van der Waals surface area (Å²) in [6.07, 6.45) is 6.67. The van der Waals surface area contributed by atoms with Crippen molar-refractivity contribution in [2.75, 3.05) is 19.6 Å². The van der Waals surface area contributed by atoms with Crippen molar-refractivity contribution in [1.29, 1.82) is 0 Å². The van der Waals surface area contributed by atoms with Gasteiger partial charge < -0.3 is 30.5 Å². The molecule has 0 aromatic heterocycles. The fraction of sp³-hybridized carbons (Fsp3) is 0.533. The van der Waals surface area contributed by atoms with Crippen molar-refractivity contribution in [3.63, 3.8) is 0 Å². The average Bonchev–Trinajstić information content (AvgIpc) is 2.93. The zero-order valence-electron chi connectivity index (χ0n) is 22.8. The van der Waals surface area contributed by atoms with Crippen molar-refractivity contribution >= 4 is 12.0 Å². The number of carbonyl (C=O) groups excluding carboxylic acids is 2. The summed E-state index contributed by atoms with van der Waals surface area (Å²) in [4.78, 5) is 26.4.